The van der Waals surface area contributed by atoms with E-state index in [4.69, 9.17) is 33.2 Å². The highest BCUT2D eigenvalue weighted by molar-refractivity contribution is 5.45. The molecule has 208 valence electrons. The molecule has 3 saturated heterocycles. The first-order chi connectivity index (χ1) is 18.4. The molecule has 0 bridgehead atoms. The molecule has 38 heavy (non-hydrogen) atoms. The van der Waals surface area contributed by atoms with E-state index in [0.29, 0.717) is 30.5 Å². The van der Waals surface area contributed by atoms with E-state index < -0.39 is 37.3 Å². The van der Waals surface area contributed by atoms with Gasteiger partial charge in [-0.25, -0.2) is 0 Å². The topological polar surface area (TPSA) is 146 Å². The number of ether oxygens (including phenoxy) is 7. The van der Waals surface area contributed by atoms with Crippen LogP contribution < -0.4 is 18.9 Å². The van der Waals surface area contributed by atoms with E-state index in [9.17, 15) is 20.4 Å². The standard InChI is InChI=1S/C27H34O11/c1-32-17-6-4-13(8-19(17)33-2)25-15-11-36-26(16(15)12-35-25)14-5-7-18(20(9-14)34-3)37-27-24(31)23(30)22(29)21(10-28)38-27/h4-9,15-16,21-31H,10-12H2,1-3H3/t15-,16-,21?,22?,23?,24?,25-,26+,27?/m0/s1. The molecule has 0 aromatic heterocycles. The fourth-order valence-electron chi connectivity index (χ4n) is 5.51. The molecule has 0 aliphatic carbocycles. The minimum atomic E-state index is -1.54. The number of hydrogen-bond donors (Lipinski definition) is 4. The SMILES string of the molecule is COc1ccc([C@@H]2OC[C@H]3[C@@H]2CO[C@@H]3c2ccc(OC3OC(CO)C(O)C(O)C3O)c(OC)c2)cc1OC. The quantitative estimate of drug-likeness (QED) is 0.384. The molecule has 5 unspecified atom stereocenters. The number of aliphatic hydroxyl groups is 4. The van der Waals surface area contributed by atoms with Crippen molar-refractivity contribution in [1.82, 2.24) is 0 Å². The van der Waals surface area contributed by atoms with Crippen molar-refractivity contribution in [2.75, 3.05) is 41.2 Å². The van der Waals surface area contributed by atoms with E-state index in [2.05, 4.69) is 0 Å². The zero-order chi connectivity index (χ0) is 27.0. The summed E-state index contributed by atoms with van der Waals surface area (Å²) < 4.78 is 40.1. The Balaban J connectivity index is 1.31. The molecular weight excluding hydrogens is 500 g/mol. The Kier molecular flexibility index (Phi) is 7.96. The lowest BCUT2D eigenvalue weighted by atomic mass is 9.85. The molecule has 4 N–H and O–H groups in total. The third kappa shape index (κ3) is 4.79. The van der Waals surface area contributed by atoms with Gasteiger partial charge in [0.05, 0.1) is 53.4 Å². The molecule has 2 aromatic carbocycles. The lowest BCUT2D eigenvalue weighted by Crippen LogP contribution is -2.60. The predicted molar refractivity (Wildman–Crippen MR) is 131 cm³/mol. The number of methoxy groups -OCH3 is 3. The van der Waals surface area contributed by atoms with Crippen LogP contribution in [0.5, 0.6) is 23.0 Å². The van der Waals surface area contributed by atoms with Crippen molar-refractivity contribution in [2.24, 2.45) is 11.8 Å². The fourth-order valence-corrected chi connectivity index (χ4v) is 5.51. The van der Waals surface area contributed by atoms with Gasteiger partial charge in [0.1, 0.15) is 24.4 Å². The second-order valence-electron chi connectivity index (χ2n) is 9.68. The van der Waals surface area contributed by atoms with Gasteiger partial charge < -0.3 is 53.6 Å². The van der Waals surface area contributed by atoms with Gasteiger partial charge in [-0.1, -0.05) is 12.1 Å². The molecule has 11 nitrogen and oxygen atoms in total. The number of benzene rings is 2. The van der Waals surface area contributed by atoms with Crippen molar-refractivity contribution in [2.45, 2.75) is 42.9 Å². The maximum Gasteiger partial charge on any atom is 0.229 e. The molecule has 3 fully saturated rings. The number of rotatable bonds is 8. The van der Waals surface area contributed by atoms with Crippen molar-refractivity contribution in [3.63, 3.8) is 0 Å². The summed E-state index contributed by atoms with van der Waals surface area (Å²) in [4.78, 5) is 0. The zero-order valence-corrected chi connectivity index (χ0v) is 21.4. The first kappa shape index (κ1) is 26.9. The number of aliphatic hydroxyl groups excluding tert-OH is 4. The van der Waals surface area contributed by atoms with Crippen LogP contribution in [-0.2, 0) is 14.2 Å². The van der Waals surface area contributed by atoms with E-state index in [0.717, 1.165) is 11.1 Å². The average Bonchev–Trinajstić information content (AvgIpc) is 3.55. The minimum absolute atomic E-state index is 0.120. The van der Waals surface area contributed by atoms with E-state index in [1.165, 1.54) is 7.11 Å². The molecule has 11 heteroatoms. The predicted octanol–water partition coefficient (Wildman–Crippen LogP) is 0.966. The van der Waals surface area contributed by atoms with Gasteiger partial charge in [-0.3, -0.25) is 0 Å². The van der Waals surface area contributed by atoms with Crippen LogP contribution in [0.4, 0.5) is 0 Å². The van der Waals surface area contributed by atoms with Gasteiger partial charge in [0, 0.05) is 11.8 Å². The van der Waals surface area contributed by atoms with Crippen molar-refractivity contribution < 1.29 is 53.6 Å². The molecular formula is C27H34O11. The van der Waals surface area contributed by atoms with Crippen LogP contribution in [0.15, 0.2) is 36.4 Å². The molecule has 2 aromatic rings. The smallest absolute Gasteiger partial charge is 0.229 e. The van der Waals surface area contributed by atoms with E-state index in [1.807, 2.05) is 24.3 Å². The van der Waals surface area contributed by atoms with Gasteiger partial charge in [-0.2, -0.15) is 0 Å². The Labute approximate surface area is 220 Å². The molecule has 0 spiro atoms. The maximum absolute atomic E-state index is 10.3. The summed E-state index contributed by atoms with van der Waals surface area (Å²) >= 11 is 0. The van der Waals surface area contributed by atoms with Crippen LogP contribution in [-0.4, -0.2) is 92.3 Å². The van der Waals surface area contributed by atoms with E-state index in [1.54, 1.807) is 26.4 Å². The van der Waals surface area contributed by atoms with Gasteiger partial charge in [0.2, 0.25) is 6.29 Å². The van der Waals surface area contributed by atoms with Crippen LogP contribution in [0.2, 0.25) is 0 Å². The first-order valence-corrected chi connectivity index (χ1v) is 12.5. The molecule has 0 saturated carbocycles. The summed E-state index contributed by atoms with van der Waals surface area (Å²) in [6, 6.07) is 11.1. The lowest BCUT2D eigenvalue weighted by Gasteiger charge is -2.39. The highest BCUT2D eigenvalue weighted by Crippen LogP contribution is 2.51. The van der Waals surface area contributed by atoms with Crippen LogP contribution in [0, 0.1) is 11.8 Å². The number of hydrogen-bond acceptors (Lipinski definition) is 11. The van der Waals surface area contributed by atoms with Gasteiger partial charge >= 0.3 is 0 Å². The van der Waals surface area contributed by atoms with E-state index in [-0.39, 0.29) is 29.8 Å². The summed E-state index contributed by atoms with van der Waals surface area (Å²) in [6.45, 7) is 0.508. The van der Waals surface area contributed by atoms with Crippen LogP contribution in [0.1, 0.15) is 23.3 Å². The fraction of sp³-hybridized carbons (Fsp3) is 0.556. The van der Waals surface area contributed by atoms with Crippen LogP contribution in [0.3, 0.4) is 0 Å². The van der Waals surface area contributed by atoms with E-state index >= 15 is 0 Å². The largest absolute Gasteiger partial charge is 0.493 e. The number of fused-ring (bicyclic) bond motifs is 1. The van der Waals surface area contributed by atoms with Crippen molar-refractivity contribution in [3.05, 3.63) is 47.5 Å². The maximum atomic E-state index is 10.3. The van der Waals surface area contributed by atoms with Crippen molar-refractivity contribution >= 4 is 0 Å². The Morgan fingerprint density at radius 1 is 0.711 bits per heavy atom. The summed E-state index contributed by atoms with van der Waals surface area (Å²) in [5.41, 5.74) is 1.88. The Hall–Kier alpha value is -2.64. The molecule has 3 aliphatic rings. The first-order valence-electron chi connectivity index (χ1n) is 12.5. The minimum Gasteiger partial charge on any atom is -0.493 e. The highest BCUT2D eigenvalue weighted by atomic mass is 16.7. The van der Waals surface area contributed by atoms with Crippen molar-refractivity contribution in [3.8, 4) is 23.0 Å². The normalized spacial score (nSPS) is 34.6. The average molecular weight is 535 g/mol. The molecule has 9 atom stereocenters. The Morgan fingerprint density at radius 2 is 1.24 bits per heavy atom. The lowest BCUT2D eigenvalue weighted by molar-refractivity contribution is -0.277. The molecule has 5 rings (SSSR count). The van der Waals surface area contributed by atoms with Gasteiger partial charge in [0.25, 0.3) is 0 Å². The highest BCUT2D eigenvalue weighted by Gasteiger charge is 2.49. The van der Waals surface area contributed by atoms with Gasteiger partial charge in [0.15, 0.2) is 23.0 Å². The molecule has 0 amide bonds. The van der Waals surface area contributed by atoms with Crippen molar-refractivity contribution in [1.29, 1.82) is 0 Å². The summed E-state index contributed by atoms with van der Waals surface area (Å²) in [6.07, 6.45) is -7.29. The van der Waals surface area contributed by atoms with Gasteiger partial charge in [-0.15, -0.1) is 0 Å². The zero-order valence-electron chi connectivity index (χ0n) is 21.4. The molecule has 0 radical (unpaired) electrons. The Morgan fingerprint density at radius 3 is 1.76 bits per heavy atom. The summed E-state index contributed by atoms with van der Waals surface area (Å²) in [7, 11) is 4.69. The molecule has 3 aliphatic heterocycles. The second-order valence-corrected chi connectivity index (χ2v) is 9.68. The third-order valence-corrected chi connectivity index (χ3v) is 7.61. The Bertz CT molecular complexity index is 1110. The van der Waals surface area contributed by atoms with Crippen LogP contribution >= 0.6 is 0 Å². The monoisotopic (exact) mass is 534 g/mol. The summed E-state index contributed by atoms with van der Waals surface area (Å²) in [5, 5.41) is 39.8. The van der Waals surface area contributed by atoms with Crippen LogP contribution in [0.25, 0.3) is 0 Å². The molecule has 3 heterocycles. The van der Waals surface area contributed by atoms with Gasteiger partial charge in [-0.05, 0) is 35.4 Å². The second kappa shape index (κ2) is 11.2. The summed E-state index contributed by atoms with van der Waals surface area (Å²) in [5.74, 6) is 2.21. The third-order valence-electron chi connectivity index (χ3n) is 7.61.